The first-order valence-electron chi connectivity index (χ1n) is 6.26. The van der Waals surface area contributed by atoms with Gasteiger partial charge in [0.1, 0.15) is 5.82 Å². The summed E-state index contributed by atoms with van der Waals surface area (Å²) in [6, 6.07) is 5.95. The second kappa shape index (κ2) is 5.45. The number of hydrogen-bond donors (Lipinski definition) is 0. The molecule has 0 spiro atoms. The van der Waals surface area contributed by atoms with E-state index in [1.54, 1.807) is 26.1 Å². The van der Waals surface area contributed by atoms with Crippen molar-refractivity contribution in [3.8, 4) is 0 Å². The van der Waals surface area contributed by atoms with Crippen molar-refractivity contribution in [1.82, 2.24) is 4.90 Å². The van der Waals surface area contributed by atoms with Gasteiger partial charge >= 0.3 is 5.97 Å². The highest BCUT2D eigenvalue weighted by Gasteiger charge is 2.35. The van der Waals surface area contributed by atoms with Gasteiger partial charge in [-0.3, -0.25) is 4.79 Å². The summed E-state index contributed by atoms with van der Waals surface area (Å²) in [6.07, 6.45) is 0.127. The molecule has 1 amide bonds. The smallest absolute Gasteiger partial charge is 0.336 e. The summed E-state index contributed by atoms with van der Waals surface area (Å²) in [5.41, 5.74) is 1.55. The summed E-state index contributed by atoms with van der Waals surface area (Å²) in [4.78, 5) is 25.4. The molecule has 1 aliphatic heterocycles. The first kappa shape index (κ1) is 14.2. The molecule has 0 saturated heterocycles. The topological polar surface area (TPSA) is 46.6 Å². The lowest BCUT2D eigenvalue weighted by molar-refractivity contribution is -0.137. The molecular formula is C15H16FNO3. The number of carbonyl (C=O) groups excluding carboxylic acids is 2. The van der Waals surface area contributed by atoms with Crippen LogP contribution >= 0.6 is 0 Å². The summed E-state index contributed by atoms with van der Waals surface area (Å²) >= 11 is 0. The van der Waals surface area contributed by atoms with Crippen molar-refractivity contribution in [2.45, 2.75) is 19.3 Å². The normalized spacial score (nSPS) is 19.3. The minimum Gasteiger partial charge on any atom is -0.466 e. The fourth-order valence-electron chi connectivity index (χ4n) is 2.44. The molecule has 2 rings (SSSR count). The van der Waals surface area contributed by atoms with Gasteiger partial charge in [0.2, 0.25) is 5.91 Å². The predicted molar refractivity (Wildman–Crippen MR) is 71.2 cm³/mol. The van der Waals surface area contributed by atoms with Gasteiger partial charge in [0.05, 0.1) is 12.7 Å². The van der Waals surface area contributed by atoms with E-state index in [0.29, 0.717) is 16.8 Å². The number of esters is 1. The molecule has 1 atom stereocenters. The van der Waals surface area contributed by atoms with E-state index in [2.05, 4.69) is 0 Å². The quantitative estimate of drug-likeness (QED) is 0.779. The summed E-state index contributed by atoms with van der Waals surface area (Å²) in [7, 11) is 2.91. The molecule has 0 saturated carbocycles. The highest BCUT2D eigenvalue weighted by atomic mass is 19.1. The number of allylic oxidation sites excluding steroid dienone is 1. The first-order valence-corrected chi connectivity index (χ1v) is 6.26. The lowest BCUT2D eigenvalue weighted by Crippen LogP contribution is -2.35. The average molecular weight is 277 g/mol. The Hall–Kier alpha value is -2.17. The lowest BCUT2D eigenvalue weighted by Gasteiger charge is -2.31. The molecule has 1 aliphatic rings. The Morgan fingerprint density at radius 2 is 2.15 bits per heavy atom. The highest BCUT2D eigenvalue weighted by molar-refractivity contribution is 5.95. The molecule has 1 aromatic carbocycles. The first-order chi connectivity index (χ1) is 9.45. The number of methoxy groups -OCH3 is 1. The van der Waals surface area contributed by atoms with E-state index in [1.807, 2.05) is 0 Å². The molecule has 0 radical (unpaired) electrons. The Balaban J connectivity index is 2.55. The molecule has 0 N–H and O–H groups in total. The van der Waals surface area contributed by atoms with Crippen LogP contribution in [0.4, 0.5) is 4.39 Å². The zero-order chi connectivity index (χ0) is 14.9. The predicted octanol–water partition coefficient (Wildman–Crippen LogP) is 2.22. The van der Waals surface area contributed by atoms with Gasteiger partial charge in [-0.05, 0) is 24.6 Å². The fourth-order valence-corrected chi connectivity index (χ4v) is 2.44. The number of hydrogen-bond acceptors (Lipinski definition) is 3. The number of ether oxygens (including phenoxy) is 1. The number of carbonyl (C=O) groups is 2. The zero-order valence-corrected chi connectivity index (χ0v) is 11.6. The Kier molecular flexibility index (Phi) is 3.88. The summed E-state index contributed by atoms with van der Waals surface area (Å²) in [5, 5.41) is 0. The van der Waals surface area contributed by atoms with Crippen molar-refractivity contribution in [2.24, 2.45) is 0 Å². The van der Waals surface area contributed by atoms with Crippen LogP contribution in [0.15, 0.2) is 35.5 Å². The van der Waals surface area contributed by atoms with Crippen LogP contribution in [-0.4, -0.2) is 30.9 Å². The van der Waals surface area contributed by atoms with Crippen molar-refractivity contribution >= 4 is 11.9 Å². The average Bonchev–Trinajstić information content (AvgIpc) is 2.43. The van der Waals surface area contributed by atoms with Crippen LogP contribution in [0, 0.1) is 5.82 Å². The molecule has 1 heterocycles. The Morgan fingerprint density at radius 1 is 1.45 bits per heavy atom. The van der Waals surface area contributed by atoms with Crippen LogP contribution in [0.1, 0.15) is 24.8 Å². The summed E-state index contributed by atoms with van der Waals surface area (Å²) < 4.78 is 18.2. The highest BCUT2D eigenvalue weighted by Crippen LogP contribution is 2.36. The van der Waals surface area contributed by atoms with Gasteiger partial charge in [0.25, 0.3) is 0 Å². The van der Waals surface area contributed by atoms with Crippen molar-refractivity contribution < 1.29 is 18.7 Å². The maximum Gasteiger partial charge on any atom is 0.336 e. The van der Waals surface area contributed by atoms with Crippen LogP contribution in [0.2, 0.25) is 0 Å². The van der Waals surface area contributed by atoms with E-state index in [0.717, 1.165) is 0 Å². The number of nitrogens with zero attached hydrogens (tertiary/aromatic N) is 1. The SMILES string of the molecule is COC(=O)C1=C(C)N(C)C(=O)C[C@H]1c1cccc(F)c1. The third-order valence-electron chi connectivity index (χ3n) is 3.65. The minimum absolute atomic E-state index is 0.107. The lowest BCUT2D eigenvalue weighted by atomic mass is 9.84. The molecular weight excluding hydrogens is 261 g/mol. The van der Waals surface area contributed by atoms with Gasteiger partial charge in [0, 0.05) is 25.1 Å². The number of benzene rings is 1. The standard InChI is InChI=1S/C15H16FNO3/c1-9-14(15(19)20-3)12(8-13(18)17(9)2)10-5-4-6-11(16)7-10/h4-7,12H,8H2,1-3H3/t12-/m0/s1. The largest absolute Gasteiger partial charge is 0.466 e. The molecule has 20 heavy (non-hydrogen) atoms. The molecule has 5 heteroatoms. The molecule has 0 fully saturated rings. The third kappa shape index (κ3) is 2.43. The zero-order valence-electron chi connectivity index (χ0n) is 11.6. The van der Waals surface area contributed by atoms with E-state index in [1.165, 1.54) is 24.1 Å². The summed E-state index contributed by atoms with van der Waals surface area (Å²) in [6.45, 7) is 1.69. The maximum atomic E-state index is 13.4. The van der Waals surface area contributed by atoms with Crippen LogP contribution in [0.3, 0.4) is 0 Å². The summed E-state index contributed by atoms with van der Waals surface area (Å²) in [5.74, 6) is -1.46. The van der Waals surface area contributed by atoms with Crippen molar-refractivity contribution in [3.63, 3.8) is 0 Å². The Bertz CT molecular complexity index is 595. The Labute approximate surface area is 116 Å². The van der Waals surface area contributed by atoms with Crippen molar-refractivity contribution in [1.29, 1.82) is 0 Å². The number of halogens is 1. The van der Waals surface area contributed by atoms with E-state index in [4.69, 9.17) is 4.74 Å². The van der Waals surface area contributed by atoms with Gasteiger partial charge in [-0.25, -0.2) is 9.18 Å². The molecule has 0 unspecified atom stereocenters. The second-order valence-electron chi connectivity index (χ2n) is 4.76. The van der Waals surface area contributed by atoms with Gasteiger partial charge in [-0.2, -0.15) is 0 Å². The van der Waals surface area contributed by atoms with Gasteiger partial charge < -0.3 is 9.64 Å². The maximum absolute atomic E-state index is 13.4. The van der Waals surface area contributed by atoms with Gasteiger partial charge in [-0.1, -0.05) is 12.1 Å². The molecule has 0 aliphatic carbocycles. The van der Waals surface area contributed by atoms with Crippen LogP contribution in [-0.2, 0) is 14.3 Å². The molecule has 0 aromatic heterocycles. The van der Waals surface area contributed by atoms with Crippen LogP contribution in [0.5, 0.6) is 0 Å². The molecule has 106 valence electrons. The minimum atomic E-state index is -0.490. The van der Waals surface area contributed by atoms with Crippen molar-refractivity contribution in [2.75, 3.05) is 14.2 Å². The van der Waals surface area contributed by atoms with Crippen molar-refractivity contribution in [3.05, 3.63) is 46.9 Å². The fraction of sp³-hybridized carbons (Fsp3) is 0.333. The van der Waals surface area contributed by atoms with E-state index < -0.39 is 17.7 Å². The van der Waals surface area contributed by atoms with E-state index in [-0.39, 0.29) is 12.3 Å². The van der Waals surface area contributed by atoms with Crippen LogP contribution < -0.4 is 0 Å². The second-order valence-corrected chi connectivity index (χ2v) is 4.76. The van der Waals surface area contributed by atoms with Crippen LogP contribution in [0.25, 0.3) is 0 Å². The molecule has 1 aromatic rings. The monoisotopic (exact) mass is 277 g/mol. The van der Waals surface area contributed by atoms with E-state index in [9.17, 15) is 14.0 Å². The number of rotatable bonds is 2. The van der Waals surface area contributed by atoms with Gasteiger partial charge in [-0.15, -0.1) is 0 Å². The van der Waals surface area contributed by atoms with Gasteiger partial charge in [0.15, 0.2) is 0 Å². The Morgan fingerprint density at radius 3 is 2.75 bits per heavy atom. The molecule has 0 bridgehead atoms. The third-order valence-corrected chi connectivity index (χ3v) is 3.65. The van der Waals surface area contributed by atoms with E-state index >= 15 is 0 Å². The number of amides is 1. The molecule has 4 nitrogen and oxygen atoms in total.